The van der Waals surface area contributed by atoms with Crippen molar-refractivity contribution >= 4 is 11.9 Å². The van der Waals surface area contributed by atoms with Crippen LogP contribution in [0.4, 0.5) is 0 Å². The molecule has 0 aliphatic heterocycles. The Morgan fingerprint density at radius 3 is 1.57 bits per heavy atom. The van der Waals surface area contributed by atoms with E-state index in [0.717, 1.165) is 0 Å². The van der Waals surface area contributed by atoms with Gasteiger partial charge in [0.05, 0.1) is 0 Å². The van der Waals surface area contributed by atoms with Crippen LogP contribution < -0.4 is 5.73 Å². The SMILES string of the molecule is NC(=O)[C@@H](O)[C@@H](O)[C@H](O)[C@H](O)C(=O)O. The van der Waals surface area contributed by atoms with E-state index >= 15 is 0 Å². The summed E-state index contributed by atoms with van der Waals surface area (Å²) in [5.74, 6) is -3.14. The third-order valence-corrected chi connectivity index (χ3v) is 1.54. The molecule has 0 heterocycles. The van der Waals surface area contributed by atoms with Gasteiger partial charge in [-0.05, 0) is 0 Å². The molecule has 1 amide bonds. The van der Waals surface area contributed by atoms with Gasteiger partial charge in [0.1, 0.15) is 12.2 Å². The number of rotatable bonds is 5. The maximum Gasteiger partial charge on any atom is 0.335 e. The lowest BCUT2D eigenvalue weighted by Crippen LogP contribution is -2.51. The minimum absolute atomic E-state index is 1.34. The first-order chi connectivity index (χ1) is 6.29. The largest absolute Gasteiger partial charge is 0.479 e. The molecule has 8 heteroatoms. The number of carbonyl (C=O) groups is 2. The summed E-state index contributed by atoms with van der Waals surface area (Å²) in [6.45, 7) is 0. The molecule has 7 N–H and O–H groups in total. The number of amides is 1. The summed E-state index contributed by atoms with van der Waals surface area (Å²) in [4.78, 5) is 20.4. The predicted octanol–water partition coefficient (Wildman–Crippen LogP) is -4.00. The summed E-state index contributed by atoms with van der Waals surface area (Å²) in [5, 5.41) is 43.6. The highest BCUT2D eigenvalue weighted by molar-refractivity contribution is 5.79. The van der Waals surface area contributed by atoms with Crippen molar-refractivity contribution in [2.75, 3.05) is 0 Å². The number of hydrogen-bond donors (Lipinski definition) is 6. The molecule has 0 aromatic heterocycles. The number of primary amides is 1. The van der Waals surface area contributed by atoms with Gasteiger partial charge in [0.2, 0.25) is 5.91 Å². The van der Waals surface area contributed by atoms with Crippen LogP contribution >= 0.6 is 0 Å². The van der Waals surface area contributed by atoms with Crippen LogP contribution in [0.15, 0.2) is 0 Å². The topological polar surface area (TPSA) is 161 Å². The number of carbonyl (C=O) groups excluding carboxylic acids is 1. The van der Waals surface area contributed by atoms with E-state index in [9.17, 15) is 9.59 Å². The quantitative estimate of drug-likeness (QED) is 0.269. The first kappa shape index (κ1) is 12.8. The second-order valence-electron chi connectivity index (χ2n) is 2.61. The second-order valence-corrected chi connectivity index (χ2v) is 2.61. The highest BCUT2D eigenvalue weighted by Crippen LogP contribution is 2.05. The van der Waals surface area contributed by atoms with Gasteiger partial charge in [-0.15, -0.1) is 0 Å². The van der Waals surface area contributed by atoms with Crippen molar-refractivity contribution in [3.63, 3.8) is 0 Å². The smallest absolute Gasteiger partial charge is 0.335 e. The van der Waals surface area contributed by atoms with E-state index in [0.29, 0.717) is 0 Å². The zero-order valence-corrected chi connectivity index (χ0v) is 6.94. The van der Waals surface area contributed by atoms with Gasteiger partial charge in [0.15, 0.2) is 12.2 Å². The Labute approximate surface area is 78.2 Å². The Balaban J connectivity index is 4.45. The maximum atomic E-state index is 10.3. The van der Waals surface area contributed by atoms with Gasteiger partial charge >= 0.3 is 5.97 Å². The first-order valence-corrected chi connectivity index (χ1v) is 3.53. The molecule has 0 rings (SSSR count). The lowest BCUT2D eigenvalue weighted by atomic mass is 10.0. The third kappa shape index (κ3) is 2.92. The summed E-state index contributed by atoms with van der Waals surface area (Å²) in [7, 11) is 0. The summed E-state index contributed by atoms with van der Waals surface area (Å²) < 4.78 is 0. The van der Waals surface area contributed by atoms with Crippen molar-refractivity contribution in [3.8, 4) is 0 Å². The Hall–Kier alpha value is -1.22. The van der Waals surface area contributed by atoms with Crippen molar-refractivity contribution in [2.24, 2.45) is 5.73 Å². The Morgan fingerprint density at radius 2 is 1.29 bits per heavy atom. The number of nitrogens with two attached hydrogens (primary N) is 1. The highest BCUT2D eigenvalue weighted by atomic mass is 16.4. The highest BCUT2D eigenvalue weighted by Gasteiger charge is 2.36. The van der Waals surface area contributed by atoms with Crippen molar-refractivity contribution in [2.45, 2.75) is 24.4 Å². The van der Waals surface area contributed by atoms with Crippen molar-refractivity contribution < 1.29 is 35.1 Å². The molecule has 0 unspecified atom stereocenters. The molecule has 0 saturated carbocycles. The molecule has 14 heavy (non-hydrogen) atoms. The van der Waals surface area contributed by atoms with E-state index in [-0.39, 0.29) is 0 Å². The van der Waals surface area contributed by atoms with Gasteiger partial charge in [-0.1, -0.05) is 0 Å². The molecular formula is C6H11NO7. The number of carboxylic acids is 1. The van der Waals surface area contributed by atoms with Crippen LogP contribution in [0.3, 0.4) is 0 Å². The number of carboxylic acid groups (broad SMARTS) is 1. The van der Waals surface area contributed by atoms with Crippen LogP contribution in [-0.2, 0) is 9.59 Å². The molecule has 0 aromatic carbocycles. The molecule has 0 radical (unpaired) electrons. The summed E-state index contributed by atoms with van der Waals surface area (Å²) in [6, 6.07) is 0. The van der Waals surface area contributed by atoms with Crippen LogP contribution in [-0.4, -0.2) is 61.8 Å². The normalized spacial score (nSPS) is 19.4. The summed E-state index contributed by atoms with van der Waals surface area (Å²) in [5.41, 5.74) is 4.56. The average molecular weight is 209 g/mol. The molecule has 4 atom stereocenters. The fraction of sp³-hybridized carbons (Fsp3) is 0.667. The first-order valence-electron chi connectivity index (χ1n) is 3.53. The Morgan fingerprint density at radius 1 is 0.929 bits per heavy atom. The van der Waals surface area contributed by atoms with E-state index in [4.69, 9.17) is 25.5 Å². The fourth-order valence-electron chi connectivity index (χ4n) is 0.688. The standard InChI is InChI=1S/C6H11NO7/c7-5(12)3(10)1(8)2(9)4(11)6(13)14/h1-4,8-11H,(H2,7,12)(H,13,14)/t1-,2-,3-,4-/m0/s1. The monoisotopic (exact) mass is 209 g/mol. The molecule has 0 aromatic rings. The molecule has 0 bridgehead atoms. The van der Waals surface area contributed by atoms with E-state index < -0.39 is 36.3 Å². The van der Waals surface area contributed by atoms with E-state index in [1.54, 1.807) is 0 Å². The molecule has 0 fully saturated rings. The van der Waals surface area contributed by atoms with Crippen LogP contribution in [0, 0.1) is 0 Å². The lowest BCUT2D eigenvalue weighted by Gasteiger charge is -2.22. The van der Waals surface area contributed by atoms with Crippen LogP contribution in [0.2, 0.25) is 0 Å². The van der Waals surface area contributed by atoms with Crippen LogP contribution in [0.25, 0.3) is 0 Å². The number of aliphatic hydroxyl groups excluding tert-OH is 4. The molecule has 0 aliphatic rings. The van der Waals surface area contributed by atoms with E-state index in [1.165, 1.54) is 0 Å². The number of hydrogen-bond acceptors (Lipinski definition) is 6. The van der Waals surface area contributed by atoms with Crippen LogP contribution in [0.1, 0.15) is 0 Å². The number of aliphatic carboxylic acids is 1. The van der Waals surface area contributed by atoms with Crippen LogP contribution in [0.5, 0.6) is 0 Å². The molecule has 0 saturated heterocycles. The van der Waals surface area contributed by atoms with Gasteiger partial charge in [-0.2, -0.15) is 0 Å². The second kappa shape index (κ2) is 4.86. The van der Waals surface area contributed by atoms with E-state index in [2.05, 4.69) is 5.73 Å². The van der Waals surface area contributed by atoms with Gasteiger partial charge in [-0.3, -0.25) is 4.79 Å². The lowest BCUT2D eigenvalue weighted by molar-refractivity contribution is -0.165. The molecule has 0 aliphatic carbocycles. The molecular weight excluding hydrogens is 198 g/mol. The molecule has 82 valence electrons. The minimum Gasteiger partial charge on any atom is -0.479 e. The zero-order valence-electron chi connectivity index (χ0n) is 6.94. The molecule has 0 spiro atoms. The van der Waals surface area contributed by atoms with Gasteiger partial charge in [0.25, 0.3) is 0 Å². The number of aliphatic hydroxyl groups is 4. The minimum atomic E-state index is -2.31. The van der Waals surface area contributed by atoms with Gasteiger partial charge < -0.3 is 31.3 Å². The Bertz CT molecular complexity index is 206. The van der Waals surface area contributed by atoms with Crippen molar-refractivity contribution in [1.82, 2.24) is 0 Å². The van der Waals surface area contributed by atoms with Gasteiger partial charge in [-0.25, -0.2) is 4.79 Å². The zero-order chi connectivity index (χ0) is 11.5. The fourth-order valence-corrected chi connectivity index (χ4v) is 0.688. The van der Waals surface area contributed by atoms with Crippen molar-refractivity contribution in [1.29, 1.82) is 0 Å². The van der Waals surface area contributed by atoms with Gasteiger partial charge in [0, 0.05) is 0 Å². The van der Waals surface area contributed by atoms with E-state index in [1.807, 2.05) is 0 Å². The molecule has 8 nitrogen and oxygen atoms in total. The summed E-state index contributed by atoms with van der Waals surface area (Å²) in [6.07, 6.45) is -8.80. The maximum absolute atomic E-state index is 10.3. The summed E-state index contributed by atoms with van der Waals surface area (Å²) >= 11 is 0. The Kier molecular flexibility index (Phi) is 4.44. The van der Waals surface area contributed by atoms with Crippen molar-refractivity contribution in [3.05, 3.63) is 0 Å². The third-order valence-electron chi connectivity index (χ3n) is 1.54. The average Bonchev–Trinajstić information content (AvgIpc) is 2.12. The predicted molar refractivity (Wildman–Crippen MR) is 40.9 cm³/mol.